The van der Waals surface area contributed by atoms with E-state index in [4.69, 9.17) is 28.5 Å². The Morgan fingerprint density at radius 1 is 1.05 bits per heavy atom. The molecular formula is C13H8Cl2N2O2S. The molecule has 0 spiro atoms. The molecule has 1 N–H and O–H groups in total. The molecule has 0 aliphatic carbocycles. The summed E-state index contributed by atoms with van der Waals surface area (Å²) in [4.78, 5) is -0.0323. The number of benzene rings is 2. The van der Waals surface area contributed by atoms with Gasteiger partial charge in [0.1, 0.15) is 11.0 Å². The largest absolute Gasteiger partial charge is 0.280 e. The van der Waals surface area contributed by atoms with Crippen LogP contribution in [0.15, 0.2) is 47.4 Å². The third-order valence-corrected chi connectivity index (χ3v) is 4.68. The predicted octanol–water partition coefficient (Wildman–Crippen LogP) is 3.67. The summed E-state index contributed by atoms with van der Waals surface area (Å²) in [7, 11) is -3.82. The molecule has 0 amide bonds. The van der Waals surface area contributed by atoms with E-state index < -0.39 is 10.0 Å². The molecule has 4 nitrogen and oxygen atoms in total. The zero-order valence-corrected chi connectivity index (χ0v) is 12.3. The highest BCUT2D eigenvalue weighted by Gasteiger charge is 2.17. The number of anilines is 1. The normalized spacial score (nSPS) is 10.8. The lowest BCUT2D eigenvalue weighted by atomic mass is 10.2. The van der Waals surface area contributed by atoms with Crippen LogP contribution in [0.25, 0.3) is 0 Å². The summed E-state index contributed by atoms with van der Waals surface area (Å²) < 4.78 is 26.7. The molecule has 0 aliphatic heterocycles. The predicted molar refractivity (Wildman–Crippen MR) is 78.4 cm³/mol. The average Bonchev–Trinajstić information content (AvgIpc) is 2.41. The Morgan fingerprint density at radius 2 is 1.75 bits per heavy atom. The molecule has 0 aliphatic rings. The van der Waals surface area contributed by atoms with Crippen molar-refractivity contribution in [2.75, 3.05) is 4.72 Å². The van der Waals surface area contributed by atoms with Crippen LogP contribution in [0.2, 0.25) is 10.0 Å². The lowest BCUT2D eigenvalue weighted by molar-refractivity contribution is 0.601. The molecular weight excluding hydrogens is 319 g/mol. The van der Waals surface area contributed by atoms with E-state index in [0.29, 0.717) is 0 Å². The van der Waals surface area contributed by atoms with Crippen molar-refractivity contribution in [1.82, 2.24) is 0 Å². The Bertz CT molecular complexity index is 798. The number of nitrogens with one attached hydrogen (secondary N) is 1. The van der Waals surface area contributed by atoms with E-state index in [0.717, 1.165) is 0 Å². The summed E-state index contributed by atoms with van der Waals surface area (Å²) in [5.41, 5.74) is 0.428. The van der Waals surface area contributed by atoms with Crippen LogP contribution in [0.5, 0.6) is 0 Å². The monoisotopic (exact) mass is 326 g/mol. The SMILES string of the molecule is N#Cc1cc(NS(=O)(=O)c2ccccc2Cl)ccc1Cl. The van der Waals surface area contributed by atoms with Crippen molar-refractivity contribution in [3.63, 3.8) is 0 Å². The quantitative estimate of drug-likeness (QED) is 0.935. The lowest BCUT2D eigenvalue weighted by Crippen LogP contribution is -2.13. The zero-order chi connectivity index (χ0) is 14.8. The number of nitrogens with zero attached hydrogens (tertiary/aromatic N) is 1. The maximum Gasteiger partial charge on any atom is 0.263 e. The summed E-state index contributed by atoms with van der Waals surface area (Å²) in [6.45, 7) is 0. The second-order valence-corrected chi connectivity index (χ2v) is 6.31. The second kappa shape index (κ2) is 5.71. The topological polar surface area (TPSA) is 70.0 Å². The van der Waals surface area contributed by atoms with E-state index in [1.165, 1.54) is 30.3 Å². The van der Waals surface area contributed by atoms with Gasteiger partial charge in [-0.2, -0.15) is 5.26 Å². The third-order valence-electron chi connectivity index (χ3n) is 2.47. The Morgan fingerprint density at radius 3 is 2.40 bits per heavy atom. The molecule has 102 valence electrons. The van der Waals surface area contributed by atoms with Gasteiger partial charge in [-0.1, -0.05) is 35.3 Å². The van der Waals surface area contributed by atoms with Gasteiger partial charge in [0.15, 0.2) is 0 Å². The molecule has 0 saturated carbocycles. The van der Waals surface area contributed by atoms with Crippen LogP contribution in [0.3, 0.4) is 0 Å². The van der Waals surface area contributed by atoms with E-state index in [1.54, 1.807) is 12.1 Å². The molecule has 2 rings (SSSR count). The first-order valence-corrected chi connectivity index (χ1v) is 7.65. The van der Waals surface area contributed by atoms with Crippen LogP contribution >= 0.6 is 23.2 Å². The van der Waals surface area contributed by atoms with Crippen molar-refractivity contribution in [2.45, 2.75) is 4.90 Å². The minimum atomic E-state index is -3.82. The van der Waals surface area contributed by atoms with Gasteiger partial charge >= 0.3 is 0 Å². The Kier molecular flexibility index (Phi) is 4.19. The number of nitriles is 1. The van der Waals surface area contributed by atoms with Crippen molar-refractivity contribution in [3.8, 4) is 6.07 Å². The Balaban J connectivity index is 2.39. The first-order chi connectivity index (χ1) is 9.44. The van der Waals surface area contributed by atoms with Crippen molar-refractivity contribution in [3.05, 3.63) is 58.1 Å². The highest BCUT2D eigenvalue weighted by Crippen LogP contribution is 2.25. The first-order valence-electron chi connectivity index (χ1n) is 5.41. The maximum atomic E-state index is 12.2. The van der Waals surface area contributed by atoms with Crippen LogP contribution < -0.4 is 4.72 Å². The van der Waals surface area contributed by atoms with E-state index in [1.807, 2.05) is 6.07 Å². The van der Waals surface area contributed by atoms with Crippen molar-refractivity contribution < 1.29 is 8.42 Å². The summed E-state index contributed by atoms with van der Waals surface area (Å²) >= 11 is 11.7. The molecule has 7 heteroatoms. The van der Waals surface area contributed by atoms with E-state index in [2.05, 4.69) is 4.72 Å². The second-order valence-electron chi connectivity index (χ2n) is 3.84. The minimum absolute atomic E-state index is 0.0323. The van der Waals surface area contributed by atoms with Gasteiger partial charge in [0.2, 0.25) is 0 Å². The van der Waals surface area contributed by atoms with Crippen LogP contribution in [-0.2, 0) is 10.0 Å². The van der Waals surface area contributed by atoms with Gasteiger partial charge in [-0.05, 0) is 30.3 Å². The molecule has 0 atom stereocenters. The van der Waals surface area contributed by atoms with Gasteiger partial charge in [-0.15, -0.1) is 0 Å². The summed E-state index contributed by atoms with van der Waals surface area (Å²) in [6, 6.07) is 12.2. The maximum absolute atomic E-state index is 12.2. The summed E-state index contributed by atoms with van der Waals surface area (Å²) in [5.74, 6) is 0. The highest BCUT2D eigenvalue weighted by atomic mass is 35.5. The molecule has 0 aromatic heterocycles. The number of halogens is 2. The highest BCUT2D eigenvalue weighted by molar-refractivity contribution is 7.92. The minimum Gasteiger partial charge on any atom is -0.280 e. The van der Waals surface area contributed by atoms with Crippen molar-refractivity contribution in [2.24, 2.45) is 0 Å². The number of hydrogen-bond donors (Lipinski definition) is 1. The van der Waals surface area contributed by atoms with Gasteiger partial charge in [-0.25, -0.2) is 8.42 Å². The van der Waals surface area contributed by atoms with Gasteiger partial charge in [0.05, 0.1) is 21.3 Å². The van der Waals surface area contributed by atoms with Crippen LogP contribution in [0.1, 0.15) is 5.56 Å². The summed E-state index contributed by atoms with van der Waals surface area (Å²) in [5, 5.41) is 9.25. The van der Waals surface area contributed by atoms with Crippen LogP contribution in [-0.4, -0.2) is 8.42 Å². The molecule has 0 bridgehead atoms. The van der Waals surface area contributed by atoms with Gasteiger partial charge in [0, 0.05) is 0 Å². The smallest absolute Gasteiger partial charge is 0.263 e. The van der Waals surface area contributed by atoms with Crippen molar-refractivity contribution >= 4 is 38.9 Å². The van der Waals surface area contributed by atoms with E-state index in [9.17, 15) is 8.42 Å². The fourth-order valence-electron chi connectivity index (χ4n) is 1.55. The summed E-state index contributed by atoms with van der Waals surface area (Å²) in [6.07, 6.45) is 0. The molecule has 0 heterocycles. The van der Waals surface area contributed by atoms with Crippen molar-refractivity contribution in [1.29, 1.82) is 5.26 Å². The molecule has 0 fully saturated rings. The number of sulfonamides is 1. The standard InChI is InChI=1S/C13H8Cl2N2O2S/c14-11-6-5-10(7-9(11)8-16)17-20(18,19)13-4-2-1-3-12(13)15/h1-7,17H. The lowest BCUT2D eigenvalue weighted by Gasteiger charge is -2.09. The van der Waals surface area contributed by atoms with Gasteiger partial charge < -0.3 is 0 Å². The van der Waals surface area contributed by atoms with Gasteiger partial charge in [-0.3, -0.25) is 4.72 Å². The molecule has 2 aromatic rings. The molecule has 20 heavy (non-hydrogen) atoms. The van der Waals surface area contributed by atoms with E-state index in [-0.39, 0.29) is 26.2 Å². The van der Waals surface area contributed by atoms with Gasteiger partial charge in [0.25, 0.3) is 10.0 Å². The average molecular weight is 327 g/mol. The Hall–Kier alpha value is -1.74. The zero-order valence-electron chi connectivity index (χ0n) is 9.97. The van der Waals surface area contributed by atoms with E-state index >= 15 is 0 Å². The van der Waals surface area contributed by atoms with Crippen LogP contribution in [0.4, 0.5) is 5.69 Å². The molecule has 0 saturated heterocycles. The van der Waals surface area contributed by atoms with Crippen LogP contribution in [0, 0.1) is 11.3 Å². The number of rotatable bonds is 3. The molecule has 0 unspecified atom stereocenters. The molecule has 2 aromatic carbocycles. The molecule has 0 radical (unpaired) electrons. The first kappa shape index (κ1) is 14.7. The number of hydrogen-bond acceptors (Lipinski definition) is 3. The third kappa shape index (κ3) is 3.05. The Labute approximate surface area is 126 Å². The fourth-order valence-corrected chi connectivity index (χ4v) is 3.28. The fraction of sp³-hybridized carbons (Fsp3) is 0.